The fourth-order valence-electron chi connectivity index (χ4n) is 1.46. The molecule has 6 nitrogen and oxygen atoms in total. The summed E-state index contributed by atoms with van der Waals surface area (Å²) in [5, 5.41) is 0.727. The third-order valence-corrected chi connectivity index (χ3v) is 4.00. The highest BCUT2D eigenvalue weighted by molar-refractivity contribution is 7.99. The van der Waals surface area contributed by atoms with E-state index in [-0.39, 0.29) is 22.2 Å². The van der Waals surface area contributed by atoms with Crippen LogP contribution in [-0.2, 0) is 10.9 Å². The van der Waals surface area contributed by atoms with Crippen molar-refractivity contribution >= 4 is 45.7 Å². The van der Waals surface area contributed by atoms with Crippen LogP contribution in [0.4, 0.5) is 5.69 Å². The summed E-state index contributed by atoms with van der Waals surface area (Å²) < 4.78 is 23.5. The molecular weight excluding hydrogens is 334 g/mol. The highest BCUT2D eigenvalue weighted by Crippen LogP contribution is 2.24. The lowest BCUT2D eigenvalue weighted by Gasteiger charge is -2.05. The van der Waals surface area contributed by atoms with Gasteiger partial charge in [0.25, 0.3) is 0 Å². The van der Waals surface area contributed by atoms with Gasteiger partial charge in [-0.05, 0) is 24.3 Å². The number of Topliss-reactive ketones (excluding diaryl/α,β-unsaturated/α-hetero) is 1. The number of halogens is 1. The summed E-state index contributed by atoms with van der Waals surface area (Å²) in [4.78, 5) is 20.1. The summed E-state index contributed by atoms with van der Waals surface area (Å²) in [6, 6.07) is 6.11. The van der Waals surface area contributed by atoms with Crippen molar-refractivity contribution < 1.29 is 13.2 Å². The number of nitrogens with zero attached hydrogens (tertiary/aromatic N) is 2. The van der Waals surface area contributed by atoms with E-state index in [9.17, 15) is 13.2 Å². The Balaban J connectivity index is 2.08. The van der Waals surface area contributed by atoms with Crippen LogP contribution < -0.4 is 4.72 Å². The average molecular weight is 344 g/mol. The molecule has 0 amide bonds. The van der Waals surface area contributed by atoms with Crippen LogP contribution in [0.2, 0.25) is 5.02 Å². The Hall–Kier alpha value is -1.64. The van der Waals surface area contributed by atoms with Crippen molar-refractivity contribution in [1.29, 1.82) is 0 Å². The summed E-state index contributed by atoms with van der Waals surface area (Å²) in [5.74, 6) is -0.0255. The Labute approximate surface area is 132 Å². The van der Waals surface area contributed by atoms with Crippen molar-refractivity contribution in [3.05, 3.63) is 47.2 Å². The fraction of sp³-hybridized carbons (Fsp3) is 0.0833. The predicted octanol–water partition coefficient (Wildman–Crippen LogP) is 2.04. The Kier molecular flexibility index (Phi) is 5.54. The van der Waals surface area contributed by atoms with Crippen molar-refractivity contribution in [3.63, 3.8) is 0 Å². The predicted molar refractivity (Wildman–Crippen MR) is 82.5 cm³/mol. The minimum Gasteiger partial charge on any atom is -0.293 e. The molecule has 0 saturated carbocycles. The van der Waals surface area contributed by atoms with E-state index in [4.69, 9.17) is 11.6 Å². The zero-order valence-corrected chi connectivity index (χ0v) is 13.0. The number of carbonyl (C=O) groups excluding carboxylic acids is 1. The minimum atomic E-state index is -2.84. The molecule has 0 bridgehead atoms. The number of carbonyl (C=O) groups is 1. The van der Waals surface area contributed by atoms with Crippen LogP contribution in [-0.4, -0.2) is 29.9 Å². The molecule has 9 heteroatoms. The average Bonchev–Trinajstić information content (AvgIpc) is 2.47. The summed E-state index contributed by atoms with van der Waals surface area (Å²) in [7, 11) is -2.84. The second kappa shape index (κ2) is 7.39. The number of hydrogen-bond acceptors (Lipinski definition) is 6. The Morgan fingerprint density at radius 2 is 2.00 bits per heavy atom. The Morgan fingerprint density at radius 1 is 1.29 bits per heavy atom. The first kappa shape index (κ1) is 15.7. The van der Waals surface area contributed by atoms with Crippen LogP contribution in [0.3, 0.4) is 0 Å². The number of rotatable bonds is 6. The van der Waals surface area contributed by atoms with Gasteiger partial charge in [-0.15, -0.1) is 0 Å². The molecule has 0 aliphatic carbocycles. The first-order valence-electron chi connectivity index (χ1n) is 5.70. The van der Waals surface area contributed by atoms with Gasteiger partial charge >= 0.3 is 0 Å². The van der Waals surface area contributed by atoms with Gasteiger partial charge in [0, 0.05) is 18.0 Å². The maximum atomic E-state index is 12.1. The minimum absolute atomic E-state index is 0.147. The van der Waals surface area contributed by atoms with Crippen LogP contribution in [0.5, 0.6) is 0 Å². The van der Waals surface area contributed by atoms with Crippen LogP contribution >= 0.6 is 23.4 Å². The molecule has 0 saturated heterocycles. The van der Waals surface area contributed by atoms with E-state index in [0.29, 0.717) is 10.7 Å². The number of ketones is 1. The number of hydrogen-bond donors (Lipinski definition) is 2. The van der Waals surface area contributed by atoms with Gasteiger partial charge in [0.2, 0.25) is 10.9 Å². The van der Waals surface area contributed by atoms with E-state index in [2.05, 4.69) is 14.7 Å². The SMILES string of the molecule is O=C(CSc1ncccn1)c1ccc(Cl)c(N[SH](=O)=O)c1. The van der Waals surface area contributed by atoms with Gasteiger partial charge in [-0.3, -0.25) is 9.52 Å². The molecule has 110 valence electrons. The molecule has 1 N–H and O–H groups in total. The molecule has 1 aromatic heterocycles. The number of thioether (sulfide) groups is 1. The quantitative estimate of drug-likeness (QED) is 0.361. The standard InChI is InChI=1S/C12H10ClN3O3S2/c13-9-3-2-8(6-10(9)16-21(18)19)11(17)7-20-12-14-4-1-5-15-12/h1-6,21H,7H2,(H,16,18,19). The third kappa shape index (κ3) is 4.69. The van der Waals surface area contributed by atoms with Crippen LogP contribution in [0.25, 0.3) is 0 Å². The van der Waals surface area contributed by atoms with E-state index in [1.165, 1.54) is 23.9 Å². The molecule has 0 aliphatic rings. The molecule has 0 unspecified atom stereocenters. The monoisotopic (exact) mass is 343 g/mol. The zero-order chi connectivity index (χ0) is 15.2. The highest BCUT2D eigenvalue weighted by atomic mass is 35.5. The maximum Gasteiger partial charge on any atom is 0.222 e. The van der Waals surface area contributed by atoms with Gasteiger partial charge in [-0.2, -0.15) is 0 Å². The normalized spacial score (nSPS) is 10.6. The first-order valence-corrected chi connectivity index (χ1v) is 8.24. The maximum absolute atomic E-state index is 12.1. The van der Waals surface area contributed by atoms with Crippen LogP contribution in [0.1, 0.15) is 10.4 Å². The van der Waals surface area contributed by atoms with Gasteiger partial charge in [0.05, 0.1) is 16.5 Å². The number of benzene rings is 1. The number of thiol groups is 1. The lowest BCUT2D eigenvalue weighted by molar-refractivity contribution is 0.102. The molecule has 2 aromatic rings. The van der Waals surface area contributed by atoms with Crippen molar-refractivity contribution in [2.24, 2.45) is 0 Å². The van der Waals surface area contributed by atoms with Crippen molar-refractivity contribution in [2.45, 2.75) is 5.16 Å². The Bertz CT molecular complexity index is 715. The van der Waals surface area contributed by atoms with Crippen molar-refractivity contribution in [1.82, 2.24) is 9.97 Å². The zero-order valence-electron chi connectivity index (χ0n) is 10.5. The van der Waals surface area contributed by atoms with Crippen molar-refractivity contribution in [3.8, 4) is 0 Å². The molecular formula is C12H10ClN3O3S2. The van der Waals surface area contributed by atoms with Gasteiger partial charge in [0.1, 0.15) is 0 Å². The van der Waals surface area contributed by atoms with Crippen LogP contribution in [0, 0.1) is 0 Å². The summed E-state index contributed by atoms with van der Waals surface area (Å²) in [6.07, 6.45) is 3.18. The second-order valence-electron chi connectivity index (χ2n) is 3.81. The summed E-state index contributed by atoms with van der Waals surface area (Å²) in [5.41, 5.74) is 0.543. The number of nitrogens with one attached hydrogen (secondary N) is 1. The van der Waals surface area contributed by atoms with Gasteiger partial charge in [-0.25, -0.2) is 18.4 Å². The summed E-state index contributed by atoms with van der Waals surface area (Å²) >= 11 is 7.05. The molecule has 1 heterocycles. The molecule has 0 spiro atoms. The largest absolute Gasteiger partial charge is 0.293 e. The smallest absolute Gasteiger partial charge is 0.222 e. The summed E-state index contributed by atoms with van der Waals surface area (Å²) in [6.45, 7) is 0. The van der Waals surface area contributed by atoms with Crippen molar-refractivity contribution in [2.75, 3.05) is 10.5 Å². The topological polar surface area (TPSA) is 89.0 Å². The van der Waals surface area contributed by atoms with E-state index in [0.717, 1.165) is 0 Å². The third-order valence-electron chi connectivity index (χ3n) is 2.37. The van der Waals surface area contributed by atoms with Gasteiger partial charge in [0.15, 0.2) is 10.9 Å². The molecule has 0 aliphatic heterocycles. The molecule has 0 fully saturated rings. The number of aromatic nitrogens is 2. The Morgan fingerprint density at radius 3 is 2.67 bits per heavy atom. The lowest BCUT2D eigenvalue weighted by Crippen LogP contribution is -2.05. The molecule has 1 aromatic carbocycles. The molecule has 0 radical (unpaired) electrons. The van der Waals surface area contributed by atoms with Gasteiger partial charge < -0.3 is 0 Å². The molecule has 0 atom stereocenters. The second-order valence-corrected chi connectivity index (χ2v) is 5.89. The van der Waals surface area contributed by atoms with E-state index in [1.54, 1.807) is 24.5 Å². The highest BCUT2D eigenvalue weighted by Gasteiger charge is 2.10. The molecule has 21 heavy (non-hydrogen) atoms. The van der Waals surface area contributed by atoms with Gasteiger partial charge in [-0.1, -0.05) is 23.4 Å². The van der Waals surface area contributed by atoms with E-state index < -0.39 is 10.9 Å². The number of anilines is 1. The van der Waals surface area contributed by atoms with Crippen LogP contribution in [0.15, 0.2) is 41.8 Å². The lowest BCUT2D eigenvalue weighted by atomic mass is 10.1. The van der Waals surface area contributed by atoms with E-state index >= 15 is 0 Å². The van der Waals surface area contributed by atoms with E-state index in [1.807, 2.05) is 0 Å². The molecule has 2 rings (SSSR count). The first-order chi connectivity index (χ1) is 10.1. The fourth-order valence-corrected chi connectivity index (χ4v) is 2.77.